The third-order valence-corrected chi connectivity index (χ3v) is 10.3. The highest BCUT2D eigenvalue weighted by molar-refractivity contribution is 7.98. The number of nitrogens with one attached hydrogen (secondary N) is 6. The molecule has 1 heterocycles. The smallest absolute Gasteiger partial charge is 0.326 e. The van der Waals surface area contributed by atoms with Crippen molar-refractivity contribution in [2.75, 3.05) is 18.6 Å². The first-order chi connectivity index (χ1) is 29.4. The molecule has 1 fully saturated rings. The standard InChI is InChI=1S/C39H64N8O15S/c1-19(2)16-25(35(57)42-24(13-15-63-6)34(56)46-27(39(61)62)18-31(52)53)45-36(58)26(17-20(3)4)44-33(55)22(9-11-29(48)49)41-32(54)23(10-12-30(50)51)43-37(59)28-8-7-14-47(28)38(60)21(5)40/h19-28H,7-18,40H2,1-6H3,(H,41,54)(H,42,57)(H,43,59)(H,44,55)(H,45,58)(H,46,56)(H,48,49)(H,50,51)(H,52,53)(H,61,62)/t21-,22-,23-,24-,25-,26-,27-,28-/m0/s1. The molecule has 0 radical (unpaired) electrons. The minimum Gasteiger partial charge on any atom is -0.481 e. The second-order valence-corrected chi connectivity index (χ2v) is 17.2. The number of amides is 7. The SMILES string of the molecule is CSCC[C@H](NC(=O)[C@H](CC(C)C)NC(=O)[C@H](CC(C)C)NC(=O)[C@H](CCC(=O)O)NC(=O)[C@H](CCC(=O)O)NC(=O)[C@@H]1CCCN1C(=O)[C@H](C)N)C(=O)N[C@@H](CC(=O)O)C(=O)O. The van der Waals surface area contributed by atoms with Crippen LogP contribution in [0, 0.1) is 11.8 Å². The van der Waals surface area contributed by atoms with Crippen molar-refractivity contribution in [2.45, 2.75) is 147 Å². The maximum absolute atomic E-state index is 13.9. The van der Waals surface area contributed by atoms with E-state index in [-0.39, 0.29) is 44.1 Å². The lowest BCUT2D eigenvalue weighted by molar-refractivity contribution is -0.147. The van der Waals surface area contributed by atoms with Gasteiger partial charge in [0.1, 0.15) is 42.3 Å². The molecular formula is C39H64N8O15S. The van der Waals surface area contributed by atoms with Gasteiger partial charge in [0, 0.05) is 19.4 Å². The van der Waals surface area contributed by atoms with Crippen molar-refractivity contribution in [3.05, 3.63) is 0 Å². The van der Waals surface area contributed by atoms with Gasteiger partial charge in [-0.1, -0.05) is 27.7 Å². The van der Waals surface area contributed by atoms with Crippen LogP contribution in [0.3, 0.4) is 0 Å². The molecule has 356 valence electrons. The Balaban J connectivity index is 3.40. The van der Waals surface area contributed by atoms with Crippen LogP contribution in [0.5, 0.6) is 0 Å². The Morgan fingerprint density at radius 3 is 1.37 bits per heavy atom. The largest absolute Gasteiger partial charge is 0.481 e. The third kappa shape index (κ3) is 20.5. The highest BCUT2D eigenvalue weighted by atomic mass is 32.2. The van der Waals surface area contributed by atoms with Gasteiger partial charge < -0.3 is 63.0 Å². The summed E-state index contributed by atoms with van der Waals surface area (Å²) in [6.45, 7) is 8.60. The summed E-state index contributed by atoms with van der Waals surface area (Å²) >= 11 is 1.31. The Morgan fingerprint density at radius 1 is 0.587 bits per heavy atom. The first-order valence-corrected chi connectivity index (χ1v) is 22.0. The zero-order valence-corrected chi connectivity index (χ0v) is 37.3. The predicted molar refractivity (Wildman–Crippen MR) is 226 cm³/mol. The van der Waals surface area contributed by atoms with Gasteiger partial charge in [0.05, 0.1) is 12.5 Å². The van der Waals surface area contributed by atoms with Gasteiger partial charge in [-0.25, -0.2) is 4.79 Å². The summed E-state index contributed by atoms with van der Waals surface area (Å²) in [6, 6.07) is -11.0. The third-order valence-electron chi connectivity index (χ3n) is 9.70. The fraction of sp³-hybridized carbons (Fsp3) is 0.718. The van der Waals surface area contributed by atoms with Gasteiger partial charge >= 0.3 is 23.9 Å². The van der Waals surface area contributed by atoms with Crippen LogP contribution in [0.15, 0.2) is 0 Å². The fourth-order valence-corrected chi connectivity index (χ4v) is 7.02. The molecule has 0 bridgehead atoms. The summed E-state index contributed by atoms with van der Waals surface area (Å²) in [5, 5.41) is 51.9. The van der Waals surface area contributed by atoms with Crippen LogP contribution in [0.25, 0.3) is 0 Å². The number of carbonyl (C=O) groups excluding carboxylic acids is 7. The molecular weight excluding hydrogens is 853 g/mol. The number of nitrogens with two attached hydrogens (primary N) is 1. The lowest BCUT2D eigenvalue weighted by atomic mass is 9.99. The number of aliphatic carboxylic acids is 4. The number of carboxylic acid groups (broad SMARTS) is 4. The molecule has 63 heavy (non-hydrogen) atoms. The van der Waals surface area contributed by atoms with Crippen molar-refractivity contribution in [1.29, 1.82) is 0 Å². The molecule has 0 spiro atoms. The Bertz CT molecular complexity index is 1660. The molecule has 0 aromatic heterocycles. The molecule has 0 unspecified atom stereocenters. The lowest BCUT2D eigenvalue weighted by Crippen LogP contribution is -2.60. The minimum atomic E-state index is -1.80. The van der Waals surface area contributed by atoms with Gasteiger partial charge in [-0.05, 0) is 75.7 Å². The van der Waals surface area contributed by atoms with Gasteiger partial charge in [-0.15, -0.1) is 0 Å². The van der Waals surface area contributed by atoms with Crippen LogP contribution in [0.1, 0.15) is 98.8 Å². The molecule has 12 N–H and O–H groups in total. The molecule has 24 heteroatoms. The Kier molecular flexibility index (Phi) is 24.2. The van der Waals surface area contributed by atoms with Crippen molar-refractivity contribution in [3.8, 4) is 0 Å². The number of nitrogens with zero attached hydrogens (tertiary/aromatic N) is 1. The van der Waals surface area contributed by atoms with E-state index in [2.05, 4.69) is 31.9 Å². The molecule has 23 nitrogen and oxygen atoms in total. The zero-order valence-electron chi connectivity index (χ0n) is 36.5. The molecule has 0 aromatic rings. The summed E-state index contributed by atoms with van der Waals surface area (Å²) < 4.78 is 0. The average molecular weight is 917 g/mol. The summed E-state index contributed by atoms with van der Waals surface area (Å²) in [4.78, 5) is 142. The van der Waals surface area contributed by atoms with Crippen LogP contribution in [0.2, 0.25) is 0 Å². The van der Waals surface area contributed by atoms with Crippen molar-refractivity contribution in [1.82, 2.24) is 36.8 Å². The van der Waals surface area contributed by atoms with Crippen LogP contribution >= 0.6 is 11.8 Å². The van der Waals surface area contributed by atoms with Crippen LogP contribution in [-0.2, 0) is 52.7 Å². The second kappa shape index (κ2) is 27.5. The van der Waals surface area contributed by atoms with Gasteiger partial charge in [0.25, 0.3) is 0 Å². The number of likely N-dealkylation sites (tertiary alicyclic amines) is 1. The first kappa shape index (κ1) is 55.5. The number of rotatable bonds is 29. The predicted octanol–water partition coefficient (Wildman–Crippen LogP) is -1.63. The summed E-state index contributed by atoms with van der Waals surface area (Å²) in [7, 11) is 0. The lowest BCUT2D eigenvalue weighted by Gasteiger charge is -2.29. The van der Waals surface area contributed by atoms with Crippen molar-refractivity contribution in [2.24, 2.45) is 17.6 Å². The van der Waals surface area contributed by atoms with Gasteiger partial charge in [0.2, 0.25) is 41.4 Å². The van der Waals surface area contributed by atoms with Gasteiger partial charge in [-0.3, -0.25) is 47.9 Å². The van der Waals surface area contributed by atoms with E-state index in [1.807, 2.05) is 0 Å². The highest BCUT2D eigenvalue weighted by Crippen LogP contribution is 2.19. The molecule has 0 aromatic carbocycles. The van der Waals surface area contributed by atoms with E-state index in [0.717, 1.165) is 0 Å². The summed E-state index contributed by atoms with van der Waals surface area (Å²) in [6.07, 6.45) is -0.730. The molecule has 0 saturated carbocycles. The van der Waals surface area contributed by atoms with E-state index in [9.17, 15) is 68.1 Å². The molecule has 7 amide bonds. The quantitative estimate of drug-likeness (QED) is 0.0401. The van der Waals surface area contributed by atoms with Crippen LogP contribution in [0.4, 0.5) is 0 Å². The minimum absolute atomic E-state index is 0.00306. The highest BCUT2D eigenvalue weighted by Gasteiger charge is 2.38. The Labute approximate surface area is 369 Å². The van der Waals surface area contributed by atoms with E-state index < -0.39 is 146 Å². The van der Waals surface area contributed by atoms with E-state index >= 15 is 0 Å². The number of carbonyl (C=O) groups is 11. The summed E-state index contributed by atoms with van der Waals surface area (Å²) in [5.74, 6) is -12.0. The maximum atomic E-state index is 13.9. The summed E-state index contributed by atoms with van der Waals surface area (Å²) in [5.41, 5.74) is 5.73. The van der Waals surface area contributed by atoms with Gasteiger partial charge in [-0.2, -0.15) is 11.8 Å². The molecule has 1 aliphatic heterocycles. The number of hydrogen-bond donors (Lipinski definition) is 11. The van der Waals surface area contributed by atoms with Crippen molar-refractivity contribution in [3.63, 3.8) is 0 Å². The van der Waals surface area contributed by atoms with Crippen LogP contribution < -0.4 is 37.6 Å². The molecule has 0 aliphatic carbocycles. The Morgan fingerprint density at radius 2 is 0.984 bits per heavy atom. The monoisotopic (exact) mass is 916 g/mol. The van der Waals surface area contributed by atoms with E-state index in [1.54, 1.807) is 34.0 Å². The first-order valence-electron chi connectivity index (χ1n) is 20.6. The Hall–Kier alpha value is -5.52. The fourth-order valence-electron chi connectivity index (χ4n) is 6.55. The molecule has 8 atom stereocenters. The normalized spacial score (nSPS) is 16.9. The second-order valence-electron chi connectivity index (χ2n) is 16.2. The zero-order chi connectivity index (χ0) is 48.1. The van der Waals surface area contributed by atoms with E-state index in [1.165, 1.54) is 23.6 Å². The number of carboxylic acids is 4. The van der Waals surface area contributed by atoms with E-state index in [4.69, 9.17) is 10.8 Å². The maximum Gasteiger partial charge on any atom is 0.326 e. The molecule has 1 rings (SSSR count). The molecule has 1 aliphatic rings. The topological polar surface area (TPSA) is 370 Å². The van der Waals surface area contributed by atoms with E-state index in [0.29, 0.717) is 12.2 Å². The van der Waals surface area contributed by atoms with Crippen molar-refractivity contribution < 1.29 is 73.2 Å². The number of hydrogen-bond acceptors (Lipinski definition) is 13. The molecule has 1 saturated heterocycles. The van der Waals surface area contributed by atoms with Crippen LogP contribution in [-0.4, -0.2) is 157 Å². The average Bonchev–Trinajstić information content (AvgIpc) is 3.67. The van der Waals surface area contributed by atoms with Crippen molar-refractivity contribution >= 4 is 77.0 Å². The van der Waals surface area contributed by atoms with Gasteiger partial charge in [0.15, 0.2) is 0 Å². The number of thioether (sulfide) groups is 1.